The first-order valence-electron chi connectivity index (χ1n) is 3.28. The van der Waals surface area contributed by atoms with Gasteiger partial charge in [-0.1, -0.05) is 19.1 Å². The Hall–Kier alpha value is -0.830. The van der Waals surface area contributed by atoms with Gasteiger partial charge in [0.15, 0.2) is 10.7 Å². The summed E-state index contributed by atoms with van der Waals surface area (Å²) in [5.41, 5.74) is 0.932. The van der Waals surface area contributed by atoms with Crippen molar-refractivity contribution in [3.05, 3.63) is 36.2 Å². The average Bonchev–Trinajstić information content (AvgIpc) is 2.05. The summed E-state index contributed by atoms with van der Waals surface area (Å²) in [5.74, 6) is 0. The molecule has 3 heteroatoms. The Bertz CT molecular complexity index is 308. The fourth-order valence-corrected chi connectivity index (χ4v) is 1.28. The molecule has 11 heavy (non-hydrogen) atoms. The van der Waals surface area contributed by atoms with Crippen LogP contribution in [0.15, 0.2) is 29.2 Å². The lowest BCUT2D eigenvalue weighted by atomic mass is 10.2. The van der Waals surface area contributed by atoms with Crippen LogP contribution in [0.3, 0.4) is 0 Å². The summed E-state index contributed by atoms with van der Waals surface area (Å²) < 4.78 is 21.0. The lowest BCUT2D eigenvalue weighted by Crippen LogP contribution is -1.82. The number of rotatable bonds is 2. The monoisotopic (exact) mass is 169 g/mol. The topological polar surface area (TPSA) is 34.1 Å². The van der Waals surface area contributed by atoms with Crippen molar-refractivity contribution in [1.82, 2.24) is 0 Å². The first-order chi connectivity index (χ1) is 5.24. The summed E-state index contributed by atoms with van der Waals surface area (Å²) >= 11 is 0. The second-order valence-corrected chi connectivity index (χ2v) is 3.17. The molecular weight excluding hydrogens is 160 g/mol. The maximum absolute atomic E-state index is 10.5. The van der Waals surface area contributed by atoms with Gasteiger partial charge in [-0.2, -0.15) is 0 Å². The van der Waals surface area contributed by atoms with Crippen LogP contribution in [0.1, 0.15) is 12.5 Å². The molecule has 0 aliphatic heterocycles. The van der Waals surface area contributed by atoms with Crippen LogP contribution in [-0.2, 0) is 10.7 Å². The minimum atomic E-state index is -2.44. The summed E-state index contributed by atoms with van der Waals surface area (Å²) in [4.78, 5) is 0.371. The second kappa shape index (κ2) is 3.53. The first kappa shape index (κ1) is 8.27. The van der Waals surface area contributed by atoms with E-state index in [-0.39, 0.29) is 0 Å². The van der Waals surface area contributed by atoms with Gasteiger partial charge in [0.2, 0.25) is 0 Å². The molecule has 0 aliphatic carbocycles. The molecule has 0 saturated heterocycles. The smallest absolute Gasteiger partial charge is 0.168 e. The van der Waals surface area contributed by atoms with Gasteiger partial charge in [-0.15, -0.1) is 0 Å². The standard InChI is InChI=1S/C8H9O2S/c1-2-7-4-3-5-8(6-7)11(9)10/h2-6,11H,1H3. The molecule has 0 atom stereocenters. The maximum Gasteiger partial charge on any atom is 0.168 e. The molecule has 2 nitrogen and oxygen atoms in total. The van der Waals surface area contributed by atoms with E-state index >= 15 is 0 Å². The van der Waals surface area contributed by atoms with Crippen LogP contribution in [0.5, 0.6) is 0 Å². The molecule has 1 aromatic rings. The molecule has 0 aliphatic rings. The fourth-order valence-electron chi connectivity index (χ4n) is 0.818. The number of benzene rings is 1. The SMILES string of the molecule is C[CH]c1cccc([SH](=O)=O)c1. The first-order valence-corrected chi connectivity index (χ1v) is 4.45. The van der Waals surface area contributed by atoms with Crippen molar-refractivity contribution in [3.8, 4) is 0 Å². The van der Waals surface area contributed by atoms with Crippen molar-refractivity contribution in [2.75, 3.05) is 0 Å². The lowest BCUT2D eigenvalue weighted by molar-refractivity contribution is 0.614. The van der Waals surface area contributed by atoms with Crippen molar-refractivity contribution in [3.63, 3.8) is 0 Å². The van der Waals surface area contributed by atoms with Gasteiger partial charge in [-0.05, 0) is 24.1 Å². The van der Waals surface area contributed by atoms with Crippen LogP contribution in [0.4, 0.5) is 0 Å². The summed E-state index contributed by atoms with van der Waals surface area (Å²) in [6.45, 7) is 1.87. The zero-order chi connectivity index (χ0) is 8.27. The van der Waals surface area contributed by atoms with Gasteiger partial charge in [0.05, 0.1) is 4.90 Å². The molecule has 0 unspecified atom stereocenters. The highest BCUT2D eigenvalue weighted by Gasteiger charge is 1.94. The van der Waals surface area contributed by atoms with Gasteiger partial charge in [0.1, 0.15) is 0 Å². The highest BCUT2D eigenvalue weighted by Crippen LogP contribution is 2.07. The number of hydrogen-bond acceptors (Lipinski definition) is 2. The molecule has 0 saturated carbocycles. The molecule has 0 spiro atoms. The third-order valence-corrected chi connectivity index (χ3v) is 2.11. The van der Waals surface area contributed by atoms with E-state index in [0.717, 1.165) is 5.56 Å². The van der Waals surface area contributed by atoms with Gasteiger partial charge in [-0.3, -0.25) is 0 Å². The van der Waals surface area contributed by atoms with Crippen LogP contribution < -0.4 is 0 Å². The molecule has 1 radical (unpaired) electrons. The number of thiol groups is 1. The van der Waals surface area contributed by atoms with E-state index in [1.165, 1.54) is 0 Å². The summed E-state index contributed by atoms with van der Waals surface area (Å²) in [6.07, 6.45) is 1.86. The quantitative estimate of drug-likeness (QED) is 0.676. The molecule has 0 heterocycles. The molecule has 0 N–H and O–H groups in total. The van der Waals surface area contributed by atoms with Gasteiger partial charge >= 0.3 is 0 Å². The molecular formula is C8H9O2S. The molecule has 0 amide bonds. The lowest BCUT2D eigenvalue weighted by Gasteiger charge is -1.94. The zero-order valence-corrected chi connectivity index (χ0v) is 7.04. The third kappa shape index (κ3) is 2.05. The van der Waals surface area contributed by atoms with Crippen molar-refractivity contribution in [2.24, 2.45) is 0 Å². The van der Waals surface area contributed by atoms with Crippen LogP contribution in [0.25, 0.3) is 0 Å². The molecule has 1 aromatic carbocycles. The Morgan fingerprint density at radius 1 is 1.36 bits per heavy atom. The van der Waals surface area contributed by atoms with Crippen LogP contribution in [0, 0.1) is 6.42 Å². The van der Waals surface area contributed by atoms with Gasteiger partial charge < -0.3 is 0 Å². The maximum atomic E-state index is 10.5. The van der Waals surface area contributed by atoms with E-state index in [9.17, 15) is 8.42 Å². The Morgan fingerprint density at radius 3 is 2.64 bits per heavy atom. The second-order valence-electron chi connectivity index (χ2n) is 2.14. The van der Waals surface area contributed by atoms with Crippen LogP contribution in [-0.4, -0.2) is 8.42 Å². The minimum Gasteiger partial charge on any atom is -0.227 e. The molecule has 1 rings (SSSR count). The Balaban J connectivity index is 3.10. The van der Waals surface area contributed by atoms with E-state index in [1.54, 1.807) is 18.2 Å². The molecule has 59 valence electrons. The Labute approximate surface area is 67.8 Å². The van der Waals surface area contributed by atoms with Crippen molar-refractivity contribution < 1.29 is 8.42 Å². The van der Waals surface area contributed by atoms with Gasteiger partial charge in [0, 0.05) is 0 Å². The van der Waals surface area contributed by atoms with Crippen molar-refractivity contribution in [2.45, 2.75) is 11.8 Å². The Morgan fingerprint density at radius 2 is 2.09 bits per heavy atom. The summed E-state index contributed by atoms with van der Waals surface area (Å²) in [7, 11) is -2.44. The van der Waals surface area contributed by atoms with E-state index in [1.807, 2.05) is 19.4 Å². The normalized spacial score (nSPS) is 10.4. The summed E-state index contributed by atoms with van der Waals surface area (Å²) in [6, 6.07) is 6.82. The summed E-state index contributed by atoms with van der Waals surface area (Å²) in [5, 5.41) is 0. The Kier molecular flexibility index (Phi) is 2.65. The fraction of sp³-hybridized carbons (Fsp3) is 0.125. The average molecular weight is 169 g/mol. The van der Waals surface area contributed by atoms with E-state index in [4.69, 9.17) is 0 Å². The van der Waals surface area contributed by atoms with Gasteiger partial charge in [-0.25, -0.2) is 8.42 Å². The number of hydrogen-bond donors (Lipinski definition) is 1. The predicted octanol–water partition coefficient (Wildman–Crippen LogP) is 1.23. The van der Waals surface area contributed by atoms with Crippen molar-refractivity contribution >= 4 is 10.7 Å². The molecule has 0 bridgehead atoms. The van der Waals surface area contributed by atoms with Gasteiger partial charge in [0.25, 0.3) is 0 Å². The highest BCUT2D eigenvalue weighted by atomic mass is 32.2. The molecule has 0 fully saturated rings. The van der Waals surface area contributed by atoms with E-state index < -0.39 is 10.7 Å². The van der Waals surface area contributed by atoms with Crippen LogP contribution >= 0.6 is 0 Å². The minimum absolute atomic E-state index is 0.371. The van der Waals surface area contributed by atoms with E-state index in [2.05, 4.69) is 0 Å². The zero-order valence-electron chi connectivity index (χ0n) is 6.15. The predicted molar refractivity (Wildman–Crippen MR) is 44.1 cm³/mol. The molecule has 0 aromatic heterocycles. The van der Waals surface area contributed by atoms with E-state index in [0.29, 0.717) is 4.90 Å². The van der Waals surface area contributed by atoms with Crippen LogP contribution in [0.2, 0.25) is 0 Å². The highest BCUT2D eigenvalue weighted by molar-refractivity contribution is 7.72. The van der Waals surface area contributed by atoms with Crippen molar-refractivity contribution in [1.29, 1.82) is 0 Å². The largest absolute Gasteiger partial charge is 0.227 e. The third-order valence-electron chi connectivity index (χ3n) is 1.41.